The minimum atomic E-state index is -3.71. The van der Waals surface area contributed by atoms with Crippen LogP contribution in [0.1, 0.15) is 11.1 Å². The van der Waals surface area contributed by atoms with Gasteiger partial charge in [0.25, 0.3) is 15.9 Å². The van der Waals surface area contributed by atoms with Gasteiger partial charge in [0.05, 0.1) is 4.90 Å². The number of amides is 1. The molecule has 2 N–H and O–H groups in total. The monoisotopic (exact) mass is 410 g/mol. The standard InChI is InChI=1S/C22H22N2O4S/c1-17-14-20(29(26,27)24-19-10-6-3-7-11-19)12-13-21(17)28-16-22(25)23-15-18-8-4-2-5-9-18/h2-14,24H,15-16H2,1H3,(H,23,25). The molecule has 0 saturated carbocycles. The number of carbonyl (C=O) groups is 1. The van der Waals surface area contributed by atoms with Crippen molar-refractivity contribution < 1.29 is 17.9 Å². The summed E-state index contributed by atoms with van der Waals surface area (Å²) in [5.74, 6) is 0.203. The van der Waals surface area contributed by atoms with Gasteiger partial charge in [0, 0.05) is 12.2 Å². The van der Waals surface area contributed by atoms with Crippen LogP contribution in [0.4, 0.5) is 5.69 Å². The third kappa shape index (κ3) is 5.83. The summed E-state index contributed by atoms with van der Waals surface area (Å²) < 4.78 is 33.1. The Morgan fingerprint density at radius 2 is 1.59 bits per heavy atom. The van der Waals surface area contributed by atoms with Crippen LogP contribution >= 0.6 is 0 Å². The van der Waals surface area contributed by atoms with Crippen molar-refractivity contribution in [1.29, 1.82) is 0 Å². The minimum Gasteiger partial charge on any atom is -0.484 e. The van der Waals surface area contributed by atoms with Gasteiger partial charge in [-0.25, -0.2) is 8.42 Å². The molecule has 0 radical (unpaired) electrons. The highest BCUT2D eigenvalue weighted by molar-refractivity contribution is 7.92. The zero-order valence-electron chi connectivity index (χ0n) is 16.0. The molecule has 0 aromatic heterocycles. The van der Waals surface area contributed by atoms with Crippen LogP contribution in [0.2, 0.25) is 0 Å². The predicted molar refractivity (Wildman–Crippen MR) is 112 cm³/mol. The number of benzene rings is 3. The van der Waals surface area contributed by atoms with Gasteiger partial charge in [0.2, 0.25) is 0 Å². The molecule has 7 heteroatoms. The lowest BCUT2D eigenvalue weighted by molar-refractivity contribution is -0.123. The van der Waals surface area contributed by atoms with E-state index in [9.17, 15) is 13.2 Å². The molecule has 29 heavy (non-hydrogen) atoms. The largest absolute Gasteiger partial charge is 0.484 e. The Morgan fingerprint density at radius 3 is 2.24 bits per heavy atom. The molecular formula is C22H22N2O4S. The van der Waals surface area contributed by atoms with E-state index in [0.29, 0.717) is 23.5 Å². The molecule has 150 valence electrons. The molecule has 0 aliphatic carbocycles. The van der Waals surface area contributed by atoms with E-state index in [2.05, 4.69) is 10.0 Å². The number of sulfonamides is 1. The smallest absolute Gasteiger partial charge is 0.261 e. The van der Waals surface area contributed by atoms with Gasteiger partial charge in [-0.3, -0.25) is 9.52 Å². The molecule has 3 aromatic rings. The average Bonchev–Trinajstić information content (AvgIpc) is 2.72. The average molecular weight is 410 g/mol. The van der Waals surface area contributed by atoms with Crippen molar-refractivity contribution >= 4 is 21.6 Å². The summed E-state index contributed by atoms with van der Waals surface area (Å²) in [4.78, 5) is 12.1. The van der Waals surface area contributed by atoms with Gasteiger partial charge in [-0.1, -0.05) is 48.5 Å². The molecule has 0 unspecified atom stereocenters. The summed E-state index contributed by atoms with van der Waals surface area (Å²) in [6, 6.07) is 22.8. The fourth-order valence-electron chi connectivity index (χ4n) is 2.66. The highest BCUT2D eigenvalue weighted by Gasteiger charge is 2.16. The lowest BCUT2D eigenvalue weighted by atomic mass is 10.2. The molecule has 0 bridgehead atoms. The number of hydrogen-bond acceptors (Lipinski definition) is 4. The first-order chi connectivity index (χ1) is 13.9. The van der Waals surface area contributed by atoms with Gasteiger partial charge >= 0.3 is 0 Å². The van der Waals surface area contributed by atoms with Crippen LogP contribution in [0.25, 0.3) is 0 Å². The molecule has 0 heterocycles. The Kier molecular flexibility index (Phi) is 6.51. The van der Waals surface area contributed by atoms with Crippen molar-refractivity contribution in [2.24, 2.45) is 0 Å². The maximum Gasteiger partial charge on any atom is 0.261 e. The van der Waals surface area contributed by atoms with Crippen LogP contribution in [0.5, 0.6) is 5.75 Å². The van der Waals surface area contributed by atoms with Crippen molar-refractivity contribution in [1.82, 2.24) is 5.32 Å². The Balaban J connectivity index is 1.58. The molecular weight excluding hydrogens is 388 g/mol. The molecule has 3 aromatic carbocycles. The van der Waals surface area contributed by atoms with Crippen molar-refractivity contribution in [3.63, 3.8) is 0 Å². The van der Waals surface area contributed by atoms with E-state index in [1.165, 1.54) is 12.1 Å². The van der Waals surface area contributed by atoms with Gasteiger partial charge in [-0.15, -0.1) is 0 Å². The number of carbonyl (C=O) groups excluding carboxylic acids is 1. The number of rotatable bonds is 8. The van der Waals surface area contributed by atoms with Gasteiger partial charge in [-0.05, 0) is 48.4 Å². The molecule has 0 aliphatic heterocycles. The van der Waals surface area contributed by atoms with Crippen LogP contribution < -0.4 is 14.8 Å². The highest BCUT2D eigenvalue weighted by atomic mass is 32.2. The summed E-state index contributed by atoms with van der Waals surface area (Å²) in [6.07, 6.45) is 0. The highest BCUT2D eigenvalue weighted by Crippen LogP contribution is 2.23. The number of ether oxygens (including phenoxy) is 1. The van der Waals surface area contributed by atoms with Crippen molar-refractivity contribution in [2.75, 3.05) is 11.3 Å². The SMILES string of the molecule is Cc1cc(S(=O)(=O)Nc2ccccc2)ccc1OCC(=O)NCc1ccccc1. The first kappa shape index (κ1) is 20.4. The summed E-state index contributed by atoms with van der Waals surface area (Å²) in [5, 5.41) is 2.78. The van der Waals surface area contributed by atoms with Gasteiger partial charge in [0.15, 0.2) is 6.61 Å². The number of aryl methyl sites for hydroxylation is 1. The Bertz CT molecular complexity index is 1070. The van der Waals surface area contributed by atoms with Crippen molar-refractivity contribution in [2.45, 2.75) is 18.4 Å². The number of para-hydroxylation sites is 1. The lowest BCUT2D eigenvalue weighted by Crippen LogP contribution is -2.28. The topological polar surface area (TPSA) is 84.5 Å². The van der Waals surface area contributed by atoms with Crippen LogP contribution in [0.15, 0.2) is 83.8 Å². The molecule has 0 aliphatic rings. The van der Waals surface area contributed by atoms with Gasteiger partial charge in [0.1, 0.15) is 5.75 Å². The molecule has 0 spiro atoms. The molecule has 6 nitrogen and oxygen atoms in total. The van der Waals surface area contributed by atoms with E-state index in [1.54, 1.807) is 37.3 Å². The quantitative estimate of drug-likeness (QED) is 0.595. The molecule has 3 rings (SSSR count). The second kappa shape index (κ2) is 9.25. The number of nitrogens with one attached hydrogen (secondary N) is 2. The van der Waals surface area contributed by atoms with Gasteiger partial charge in [-0.2, -0.15) is 0 Å². The summed E-state index contributed by atoms with van der Waals surface area (Å²) >= 11 is 0. The van der Waals surface area contributed by atoms with E-state index >= 15 is 0 Å². The Morgan fingerprint density at radius 1 is 0.931 bits per heavy atom. The van der Waals surface area contributed by atoms with Gasteiger partial charge < -0.3 is 10.1 Å². The zero-order valence-corrected chi connectivity index (χ0v) is 16.8. The maximum absolute atomic E-state index is 12.5. The zero-order chi connectivity index (χ0) is 20.7. The summed E-state index contributed by atoms with van der Waals surface area (Å²) in [6.45, 7) is 2.01. The minimum absolute atomic E-state index is 0.125. The third-order valence-electron chi connectivity index (χ3n) is 4.17. The number of anilines is 1. The summed E-state index contributed by atoms with van der Waals surface area (Å²) in [5.41, 5.74) is 2.11. The van der Waals surface area contributed by atoms with Crippen LogP contribution in [-0.4, -0.2) is 20.9 Å². The maximum atomic E-state index is 12.5. The lowest BCUT2D eigenvalue weighted by Gasteiger charge is -2.12. The van der Waals surface area contributed by atoms with E-state index < -0.39 is 10.0 Å². The second-order valence-electron chi connectivity index (χ2n) is 6.45. The Hall–Kier alpha value is -3.32. The second-order valence-corrected chi connectivity index (χ2v) is 8.13. The summed E-state index contributed by atoms with van der Waals surface area (Å²) in [7, 11) is -3.71. The van der Waals surface area contributed by atoms with E-state index in [0.717, 1.165) is 5.56 Å². The normalized spacial score (nSPS) is 10.9. The Labute approximate surface area is 170 Å². The van der Waals surface area contributed by atoms with Crippen molar-refractivity contribution in [3.05, 3.63) is 90.0 Å². The molecule has 0 saturated heterocycles. The van der Waals surface area contributed by atoms with Crippen molar-refractivity contribution in [3.8, 4) is 5.75 Å². The van der Waals surface area contributed by atoms with E-state index in [-0.39, 0.29) is 17.4 Å². The molecule has 0 fully saturated rings. The molecule has 1 amide bonds. The van der Waals surface area contributed by atoms with Crippen LogP contribution in [-0.2, 0) is 21.4 Å². The fourth-order valence-corrected chi connectivity index (χ4v) is 3.81. The van der Waals surface area contributed by atoms with Crippen LogP contribution in [0.3, 0.4) is 0 Å². The molecule has 0 atom stereocenters. The van der Waals surface area contributed by atoms with E-state index in [4.69, 9.17) is 4.74 Å². The third-order valence-corrected chi connectivity index (χ3v) is 5.55. The predicted octanol–water partition coefficient (Wildman–Crippen LogP) is 3.49. The fraction of sp³-hybridized carbons (Fsp3) is 0.136. The first-order valence-corrected chi connectivity index (χ1v) is 10.5. The number of hydrogen-bond donors (Lipinski definition) is 2. The first-order valence-electron chi connectivity index (χ1n) is 9.06. The van der Waals surface area contributed by atoms with Crippen LogP contribution in [0, 0.1) is 6.92 Å². The van der Waals surface area contributed by atoms with E-state index in [1.807, 2.05) is 36.4 Å².